The molecule has 76 heavy (non-hydrogen) atoms. The smallest absolute Gasteiger partial charge is 0.269 e. The molecule has 3 atom stereocenters. The third-order valence-electron chi connectivity index (χ3n) is 13.0. The highest BCUT2D eigenvalue weighted by Crippen LogP contribution is 2.27. The molecule has 0 amide bonds. The molecule has 5 N–H and O–H groups in total. The number of nitrogens with one attached hydrogen (secondary N) is 3. The molecule has 0 saturated heterocycles. The first-order chi connectivity index (χ1) is 37.2. The van der Waals surface area contributed by atoms with Gasteiger partial charge in [0, 0.05) is 55.6 Å². The summed E-state index contributed by atoms with van der Waals surface area (Å²) in [6, 6.07) is 86.7. The molecule has 0 aliphatic rings. The van der Waals surface area contributed by atoms with Crippen LogP contribution >= 0.6 is 0 Å². The second kappa shape index (κ2) is 29.8. The maximum absolute atomic E-state index is 10.9. The van der Waals surface area contributed by atoms with E-state index in [9.17, 15) is 10.1 Å². The normalized spacial score (nSPS) is 12.6. The number of anilines is 1. The number of rotatable bonds is 19. The van der Waals surface area contributed by atoms with Gasteiger partial charge in [0.1, 0.15) is 0 Å². The van der Waals surface area contributed by atoms with Crippen LogP contribution in [0.1, 0.15) is 83.4 Å². The second-order valence-electron chi connectivity index (χ2n) is 18.4. The number of non-ortho nitro benzene ring substituents is 1. The first-order valence-electron chi connectivity index (χ1n) is 26.0. The van der Waals surface area contributed by atoms with Gasteiger partial charge in [-0.05, 0) is 112 Å². The van der Waals surface area contributed by atoms with Crippen molar-refractivity contribution < 1.29 is 4.92 Å². The first-order valence-corrected chi connectivity index (χ1v) is 26.0. The molecule has 0 spiro atoms. The zero-order chi connectivity index (χ0) is 53.2. The van der Waals surface area contributed by atoms with Crippen LogP contribution in [0.5, 0.6) is 0 Å². The average Bonchev–Trinajstić information content (AvgIpc) is 3.48. The van der Waals surface area contributed by atoms with Crippen molar-refractivity contribution in [2.24, 2.45) is 0 Å². The highest BCUT2D eigenvalue weighted by molar-refractivity contribution is 5.81. The van der Waals surface area contributed by atoms with E-state index in [4.69, 9.17) is 5.73 Å². The number of nitrogen functional groups attached to an aromatic ring is 1. The van der Waals surface area contributed by atoms with Gasteiger partial charge in [0.05, 0.1) is 4.92 Å². The number of nitrogens with zero attached hydrogens (tertiary/aromatic N) is 1. The van der Waals surface area contributed by atoms with Gasteiger partial charge in [-0.2, -0.15) is 0 Å². The van der Waals surface area contributed by atoms with Crippen LogP contribution in [0.3, 0.4) is 0 Å². The van der Waals surface area contributed by atoms with E-state index >= 15 is 0 Å². The first kappa shape index (κ1) is 55.0. The highest BCUT2D eigenvalue weighted by Gasteiger charge is 2.11. The summed E-state index contributed by atoms with van der Waals surface area (Å²) in [5.74, 6) is 0. The van der Waals surface area contributed by atoms with Crippen LogP contribution in [0.25, 0.3) is 28.3 Å². The topological polar surface area (TPSA) is 105 Å². The molecule has 0 fully saturated rings. The molecule has 0 aromatic heterocycles. The Bertz CT molecular complexity index is 3170. The zero-order valence-electron chi connectivity index (χ0n) is 43.8. The third-order valence-corrected chi connectivity index (χ3v) is 13.0. The minimum absolute atomic E-state index is 0.0991. The largest absolute Gasteiger partial charge is 0.399 e. The summed E-state index contributed by atoms with van der Waals surface area (Å²) in [6.45, 7) is 8.86. The van der Waals surface area contributed by atoms with E-state index in [0.29, 0.717) is 18.6 Å². The molecule has 7 heteroatoms. The maximum Gasteiger partial charge on any atom is 0.269 e. The SMILES string of the molecule is C[C@@H](NC/C=C(\c1ccccc1)c1ccc(N)cc1)c1ccccc1.C[C@@H](NC/C=C(\c1ccccc1)c1ccc([N+](=O)[O-])cc1)c1ccccc1.C[C@@H](NC/C=C/c1ccc(-c2ccccc2)cc1)c1ccccc1. The second-order valence-corrected chi connectivity index (χ2v) is 18.4. The number of hydrogen-bond acceptors (Lipinski definition) is 6. The van der Waals surface area contributed by atoms with Crippen molar-refractivity contribution >= 4 is 28.6 Å². The van der Waals surface area contributed by atoms with Crippen molar-refractivity contribution in [2.75, 3.05) is 25.4 Å². The van der Waals surface area contributed by atoms with Gasteiger partial charge in [-0.25, -0.2) is 0 Å². The fourth-order valence-corrected chi connectivity index (χ4v) is 8.58. The van der Waals surface area contributed by atoms with Crippen LogP contribution in [0.2, 0.25) is 0 Å². The molecular weight excluding hydrogens is 931 g/mol. The van der Waals surface area contributed by atoms with E-state index in [1.54, 1.807) is 24.3 Å². The Morgan fingerprint density at radius 3 is 1.14 bits per heavy atom. The predicted octanol–water partition coefficient (Wildman–Crippen LogP) is 16.1. The summed E-state index contributed by atoms with van der Waals surface area (Å²) in [6.07, 6.45) is 8.73. The summed E-state index contributed by atoms with van der Waals surface area (Å²) in [5.41, 5.74) is 21.0. The van der Waals surface area contributed by atoms with Crippen molar-refractivity contribution in [3.05, 3.63) is 328 Å². The Balaban J connectivity index is 0.000000166. The minimum atomic E-state index is -0.376. The molecule has 7 nitrogen and oxygen atoms in total. The fraction of sp³-hybridized carbons (Fsp3) is 0.130. The Hall–Kier alpha value is -8.72. The summed E-state index contributed by atoms with van der Waals surface area (Å²) >= 11 is 0. The summed E-state index contributed by atoms with van der Waals surface area (Å²) in [7, 11) is 0. The van der Waals surface area contributed by atoms with Crippen LogP contribution in [-0.2, 0) is 0 Å². The van der Waals surface area contributed by atoms with E-state index in [1.807, 2.05) is 78.9 Å². The third kappa shape index (κ3) is 17.5. The average molecular weight is 1000 g/mol. The van der Waals surface area contributed by atoms with E-state index in [2.05, 4.69) is 213 Å². The Morgan fingerprint density at radius 1 is 0.421 bits per heavy atom. The van der Waals surface area contributed by atoms with E-state index in [1.165, 1.54) is 50.1 Å². The maximum atomic E-state index is 10.9. The lowest BCUT2D eigenvalue weighted by atomic mass is 9.97. The van der Waals surface area contributed by atoms with Gasteiger partial charge in [-0.3, -0.25) is 10.1 Å². The van der Waals surface area contributed by atoms with Gasteiger partial charge in [0.25, 0.3) is 5.69 Å². The van der Waals surface area contributed by atoms with Crippen LogP contribution in [0.15, 0.2) is 273 Å². The Kier molecular flexibility index (Phi) is 21.6. The number of hydrogen-bond donors (Lipinski definition) is 4. The number of nitro groups is 1. The number of nitro benzene ring substituents is 1. The van der Waals surface area contributed by atoms with E-state index in [-0.39, 0.29) is 16.7 Å². The lowest BCUT2D eigenvalue weighted by Gasteiger charge is -2.14. The number of nitrogens with two attached hydrogens (primary N) is 1. The molecule has 0 heterocycles. The van der Waals surface area contributed by atoms with Gasteiger partial charge in [0.2, 0.25) is 0 Å². The highest BCUT2D eigenvalue weighted by atomic mass is 16.6. The molecule has 0 bridgehead atoms. The van der Waals surface area contributed by atoms with Crippen molar-refractivity contribution in [1.29, 1.82) is 0 Å². The monoisotopic (exact) mass is 1000 g/mol. The van der Waals surface area contributed by atoms with Gasteiger partial charge in [-0.1, -0.05) is 243 Å². The van der Waals surface area contributed by atoms with E-state index in [0.717, 1.165) is 35.5 Å². The van der Waals surface area contributed by atoms with Crippen molar-refractivity contribution in [3.8, 4) is 11.1 Å². The lowest BCUT2D eigenvalue weighted by Crippen LogP contribution is -2.18. The molecule has 9 aromatic rings. The standard InChI is InChI=1S/C23H22N2O2.C23H24N2.C23H23N/c1-18(19-8-4-2-5-9-19)24-17-16-23(20-10-6-3-7-11-20)21-12-14-22(15-13-21)25(26)27;1-18(19-8-4-2-5-9-19)25-17-16-23(20-10-6-3-7-11-20)21-12-14-22(24)15-13-21;1-19(21-10-4-2-5-11-21)24-18-8-9-20-14-16-23(17-15-20)22-12-6-3-7-13-22/h2-16,18,24H,17H2,1H3;2-16,18,25H,17,24H2,1H3;2-17,19,24H,18H2,1H3/b2*23-16+;9-8+/t2*18-;19-/m111/s1. The van der Waals surface area contributed by atoms with Gasteiger partial charge >= 0.3 is 0 Å². The van der Waals surface area contributed by atoms with Crippen molar-refractivity contribution in [2.45, 2.75) is 38.9 Å². The molecule has 9 aromatic carbocycles. The molecule has 0 unspecified atom stereocenters. The fourth-order valence-electron chi connectivity index (χ4n) is 8.58. The predicted molar refractivity (Wildman–Crippen MR) is 320 cm³/mol. The minimum Gasteiger partial charge on any atom is -0.399 e. The molecular formula is C69H69N5O2. The summed E-state index contributed by atoms with van der Waals surface area (Å²) in [4.78, 5) is 10.5. The van der Waals surface area contributed by atoms with Crippen LogP contribution in [-0.4, -0.2) is 24.6 Å². The van der Waals surface area contributed by atoms with Crippen molar-refractivity contribution in [3.63, 3.8) is 0 Å². The Morgan fingerprint density at radius 2 is 0.750 bits per heavy atom. The zero-order valence-corrected chi connectivity index (χ0v) is 43.8. The molecule has 0 radical (unpaired) electrons. The van der Waals surface area contributed by atoms with Crippen molar-refractivity contribution in [1.82, 2.24) is 16.0 Å². The molecule has 9 rings (SSSR count). The molecule has 0 saturated carbocycles. The molecule has 0 aliphatic heterocycles. The van der Waals surface area contributed by atoms with Gasteiger partial charge in [0.15, 0.2) is 0 Å². The lowest BCUT2D eigenvalue weighted by molar-refractivity contribution is -0.384. The van der Waals surface area contributed by atoms with Crippen LogP contribution < -0.4 is 21.7 Å². The van der Waals surface area contributed by atoms with Crippen LogP contribution in [0, 0.1) is 10.1 Å². The van der Waals surface area contributed by atoms with Gasteiger partial charge < -0.3 is 21.7 Å². The summed E-state index contributed by atoms with van der Waals surface area (Å²) < 4.78 is 0. The number of benzene rings is 9. The van der Waals surface area contributed by atoms with Gasteiger partial charge in [-0.15, -0.1) is 0 Å². The summed E-state index contributed by atoms with van der Waals surface area (Å²) in [5, 5.41) is 21.5. The van der Waals surface area contributed by atoms with E-state index < -0.39 is 0 Å². The quantitative estimate of drug-likeness (QED) is 0.0365. The molecule has 0 aliphatic carbocycles. The molecule has 382 valence electrons. The van der Waals surface area contributed by atoms with Crippen LogP contribution in [0.4, 0.5) is 11.4 Å². The Labute approximate surface area is 450 Å².